The summed E-state index contributed by atoms with van der Waals surface area (Å²) in [7, 11) is 0.882. The van der Waals surface area contributed by atoms with Crippen LogP contribution in [-0.2, 0) is 16.4 Å². The first-order valence-electron chi connectivity index (χ1n) is 9.09. The van der Waals surface area contributed by atoms with Crippen molar-refractivity contribution < 1.29 is 13.2 Å². The van der Waals surface area contributed by atoms with E-state index in [0.29, 0.717) is 18.5 Å². The molecule has 1 fully saturated rings. The summed E-state index contributed by atoms with van der Waals surface area (Å²) in [5, 5.41) is 0. The topological polar surface area (TPSA) is 57.7 Å². The Morgan fingerprint density at radius 2 is 1.67 bits per heavy atom. The van der Waals surface area contributed by atoms with Gasteiger partial charge in [0.15, 0.2) is 9.84 Å². The molecule has 1 aliphatic rings. The fraction of sp³-hybridized carbons (Fsp3) is 0.381. The molecular formula is C21H26N2O3S. The molecule has 6 heteroatoms. The molecule has 1 unspecified atom stereocenters. The van der Waals surface area contributed by atoms with E-state index >= 15 is 0 Å². The number of rotatable bonds is 5. The highest BCUT2D eigenvalue weighted by Crippen LogP contribution is 2.23. The van der Waals surface area contributed by atoms with Crippen LogP contribution in [0.4, 0.5) is 5.69 Å². The minimum absolute atomic E-state index is 0.0420. The lowest BCUT2D eigenvalue weighted by Crippen LogP contribution is -2.40. The summed E-state index contributed by atoms with van der Waals surface area (Å²) in [4.78, 5) is 16.9. The molecule has 1 atom stereocenters. The molecule has 0 saturated carbocycles. The maximum Gasteiger partial charge on any atom is 0.254 e. The SMILES string of the molecule is Cc1ccc(C(=O)N(Cc2ccc(N(C)C)cc2)C2CCS(=O)(=O)C2)cc1. The van der Waals surface area contributed by atoms with Gasteiger partial charge in [0.1, 0.15) is 0 Å². The molecule has 1 aliphatic heterocycles. The van der Waals surface area contributed by atoms with Crippen LogP contribution in [0.15, 0.2) is 48.5 Å². The maximum atomic E-state index is 13.2. The number of hydrogen-bond acceptors (Lipinski definition) is 4. The summed E-state index contributed by atoms with van der Waals surface area (Å²) in [5.74, 6) is 0.0729. The lowest BCUT2D eigenvalue weighted by molar-refractivity contribution is 0.0681. The highest BCUT2D eigenvalue weighted by Gasteiger charge is 2.35. The summed E-state index contributed by atoms with van der Waals surface area (Å²) in [6.07, 6.45) is 0.496. The van der Waals surface area contributed by atoms with E-state index < -0.39 is 9.84 Å². The summed E-state index contributed by atoms with van der Waals surface area (Å²) in [5.41, 5.74) is 3.75. The van der Waals surface area contributed by atoms with Crippen molar-refractivity contribution in [1.82, 2.24) is 4.90 Å². The second kappa shape index (κ2) is 7.72. The number of nitrogens with zero attached hydrogens (tertiary/aromatic N) is 2. The third-order valence-corrected chi connectivity index (χ3v) is 6.76. The fourth-order valence-corrected chi connectivity index (χ4v) is 5.08. The predicted molar refractivity (Wildman–Crippen MR) is 109 cm³/mol. The largest absolute Gasteiger partial charge is 0.378 e. The number of aryl methyl sites for hydroxylation is 1. The van der Waals surface area contributed by atoms with Gasteiger partial charge in [-0.1, -0.05) is 29.8 Å². The number of carbonyl (C=O) groups excluding carboxylic acids is 1. The lowest BCUT2D eigenvalue weighted by atomic mass is 10.1. The average Bonchev–Trinajstić information content (AvgIpc) is 2.99. The van der Waals surface area contributed by atoms with E-state index in [1.807, 2.05) is 74.4 Å². The number of carbonyl (C=O) groups is 1. The van der Waals surface area contributed by atoms with E-state index in [0.717, 1.165) is 16.8 Å². The molecule has 0 N–H and O–H groups in total. The minimum atomic E-state index is -3.07. The first kappa shape index (κ1) is 19.4. The van der Waals surface area contributed by atoms with Crippen molar-refractivity contribution in [1.29, 1.82) is 0 Å². The van der Waals surface area contributed by atoms with E-state index in [1.165, 1.54) is 0 Å². The van der Waals surface area contributed by atoms with Crippen LogP contribution in [-0.4, -0.2) is 50.9 Å². The minimum Gasteiger partial charge on any atom is -0.378 e. The molecule has 144 valence electrons. The predicted octanol–water partition coefficient (Wildman–Crippen LogP) is 2.89. The third-order valence-electron chi connectivity index (χ3n) is 5.01. The monoisotopic (exact) mass is 386 g/mol. The zero-order chi connectivity index (χ0) is 19.6. The normalized spacial score (nSPS) is 18.3. The maximum absolute atomic E-state index is 13.2. The molecule has 1 heterocycles. The Balaban J connectivity index is 1.87. The fourth-order valence-electron chi connectivity index (χ4n) is 3.35. The number of hydrogen-bond donors (Lipinski definition) is 0. The Kier molecular flexibility index (Phi) is 5.56. The zero-order valence-electron chi connectivity index (χ0n) is 16.1. The Labute approximate surface area is 161 Å². The van der Waals surface area contributed by atoms with Crippen LogP contribution in [0.1, 0.15) is 27.9 Å². The number of amides is 1. The van der Waals surface area contributed by atoms with E-state index in [1.54, 1.807) is 4.90 Å². The van der Waals surface area contributed by atoms with Crippen LogP contribution in [0.2, 0.25) is 0 Å². The second-order valence-corrected chi connectivity index (χ2v) is 9.65. The molecule has 0 aromatic heterocycles. The zero-order valence-corrected chi connectivity index (χ0v) is 16.9. The van der Waals surface area contributed by atoms with Crippen molar-refractivity contribution in [2.24, 2.45) is 0 Å². The molecule has 1 amide bonds. The van der Waals surface area contributed by atoms with E-state index in [4.69, 9.17) is 0 Å². The van der Waals surface area contributed by atoms with Crippen molar-refractivity contribution in [3.05, 3.63) is 65.2 Å². The van der Waals surface area contributed by atoms with Crippen LogP contribution in [0.5, 0.6) is 0 Å². The second-order valence-electron chi connectivity index (χ2n) is 7.42. The van der Waals surface area contributed by atoms with Crippen molar-refractivity contribution >= 4 is 21.4 Å². The Hall–Kier alpha value is -2.34. The molecule has 3 rings (SSSR count). The van der Waals surface area contributed by atoms with Gasteiger partial charge in [-0.25, -0.2) is 8.42 Å². The van der Waals surface area contributed by atoms with Gasteiger partial charge in [-0.2, -0.15) is 0 Å². The smallest absolute Gasteiger partial charge is 0.254 e. The van der Waals surface area contributed by atoms with E-state index in [-0.39, 0.29) is 23.5 Å². The molecule has 5 nitrogen and oxygen atoms in total. The quantitative estimate of drug-likeness (QED) is 0.793. The van der Waals surface area contributed by atoms with Gasteiger partial charge in [0.05, 0.1) is 11.5 Å². The number of sulfone groups is 1. The Bertz CT molecular complexity index is 903. The van der Waals surface area contributed by atoms with Gasteiger partial charge in [0.2, 0.25) is 0 Å². The molecule has 0 bridgehead atoms. The van der Waals surface area contributed by atoms with Crippen molar-refractivity contribution in [2.75, 3.05) is 30.5 Å². The van der Waals surface area contributed by atoms with Gasteiger partial charge in [0.25, 0.3) is 5.91 Å². The standard InChI is InChI=1S/C21H26N2O3S/c1-16-4-8-18(9-5-16)21(24)23(20-12-13-27(25,26)15-20)14-17-6-10-19(11-7-17)22(2)3/h4-11,20H,12-15H2,1-3H3. The molecule has 0 aliphatic carbocycles. The summed E-state index contributed by atoms with van der Waals surface area (Å²) in [6, 6.07) is 15.2. The molecule has 0 spiro atoms. The van der Waals surface area contributed by atoms with Crippen molar-refractivity contribution in [2.45, 2.75) is 25.9 Å². The van der Waals surface area contributed by atoms with Gasteiger partial charge in [-0.15, -0.1) is 0 Å². The van der Waals surface area contributed by atoms with Crippen molar-refractivity contribution in [3.63, 3.8) is 0 Å². The Morgan fingerprint density at radius 1 is 1.04 bits per heavy atom. The van der Waals surface area contributed by atoms with Gasteiger partial charge < -0.3 is 9.80 Å². The van der Waals surface area contributed by atoms with E-state index in [9.17, 15) is 13.2 Å². The highest BCUT2D eigenvalue weighted by atomic mass is 32.2. The van der Waals surface area contributed by atoms with Crippen LogP contribution in [0.25, 0.3) is 0 Å². The molecular weight excluding hydrogens is 360 g/mol. The van der Waals surface area contributed by atoms with Crippen LogP contribution < -0.4 is 4.90 Å². The average molecular weight is 387 g/mol. The molecule has 2 aromatic carbocycles. The first-order chi connectivity index (χ1) is 12.7. The molecule has 27 heavy (non-hydrogen) atoms. The van der Waals surface area contributed by atoms with Crippen LogP contribution in [0.3, 0.4) is 0 Å². The lowest BCUT2D eigenvalue weighted by Gasteiger charge is -2.29. The molecule has 0 radical (unpaired) electrons. The van der Waals surface area contributed by atoms with Crippen LogP contribution >= 0.6 is 0 Å². The first-order valence-corrected chi connectivity index (χ1v) is 10.9. The third kappa shape index (κ3) is 4.69. The van der Waals surface area contributed by atoms with Gasteiger partial charge in [-0.3, -0.25) is 4.79 Å². The highest BCUT2D eigenvalue weighted by molar-refractivity contribution is 7.91. The van der Waals surface area contributed by atoms with Crippen molar-refractivity contribution in [3.8, 4) is 0 Å². The summed E-state index contributed by atoms with van der Waals surface area (Å²) >= 11 is 0. The summed E-state index contributed by atoms with van der Waals surface area (Å²) < 4.78 is 24.0. The molecule has 2 aromatic rings. The van der Waals surface area contributed by atoms with Gasteiger partial charge in [-0.05, 0) is 43.2 Å². The summed E-state index contributed by atoms with van der Waals surface area (Å²) in [6.45, 7) is 2.38. The van der Waals surface area contributed by atoms with Gasteiger partial charge >= 0.3 is 0 Å². The number of benzene rings is 2. The molecule has 1 saturated heterocycles. The van der Waals surface area contributed by atoms with Gasteiger partial charge in [0, 0.05) is 37.9 Å². The number of anilines is 1. The Morgan fingerprint density at radius 3 is 2.19 bits per heavy atom. The van der Waals surface area contributed by atoms with Crippen LogP contribution in [0, 0.1) is 6.92 Å². The van der Waals surface area contributed by atoms with E-state index in [2.05, 4.69) is 0 Å².